The van der Waals surface area contributed by atoms with Crippen LogP contribution >= 0.6 is 0 Å². The number of hydrogen-bond acceptors (Lipinski definition) is 4. The normalized spacial score (nSPS) is 18.8. The van der Waals surface area contributed by atoms with Crippen molar-refractivity contribution in [2.45, 2.75) is 6.92 Å². The van der Waals surface area contributed by atoms with Gasteiger partial charge in [0, 0.05) is 0 Å². The van der Waals surface area contributed by atoms with E-state index in [9.17, 15) is 9.59 Å². The van der Waals surface area contributed by atoms with E-state index in [1.54, 1.807) is 24.3 Å². The number of aryl methyl sites for hydroxylation is 1. The topological polar surface area (TPSA) is 88.4 Å². The highest BCUT2D eigenvalue weighted by Crippen LogP contribution is 2.28. The number of aliphatic hydroxyl groups is 1. The first-order chi connectivity index (χ1) is 15.0. The van der Waals surface area contributed by atoms with Gasteiger partial charge in [0.05, 0.1) is 17.6 Å². The van der Waals surface area contributed by atoms with Gasteiger partial charge in [-0.15, -0.1) is 0 Å². The van der Waals surface area contributed by atoms with Gasteiger partial charge in [-0.25, -0.2) is 0 Å². The van der Waals surface area contributed by atoms with Gasteiger partial charge in [0.25, 0.3) is 5.91 Å². The summed E-state index contributed by atoms with van der Waals surface area (Å²) in [6, 6.07) is 14.7. The van der Waals surface area contributed by atoms with Gasteiger partial charge in [0.1, 0.15) is 38.3 Å². The molecule has 0 atom stereocenters. The average molecular weight is 424 g/mol. The summed E-state index contributed by atoms with van der Waals surface area (Å²) >= 11 is 0. The molecular formula is C24H29N3O4+2. The van der Waals surface area contributed by atoms with Crippen molar-refractivity contribution in [2.75, 3.05) is 51.2 Å². The second kappa shape index (κ2) is 9.43. The molecular weight excluding hydrogens is 394 g/mol. The number of carbonyl (C=O) groups is 1. The van der Waals surface area contributed by atoms with Crippen LogP contribution < -0.4 is 20.5 Å². The van der Waals surface area contributed by atoms with Crippen LogP contribution in [-0.4, -0.2) is 56.9 Å². The molecule has 4 rings (SSSR count). The summed E-state index contributed by atoms with van der Waals surface area (Å²) in [6.07, 6.45) is 0. The van der Waals surface area contributed by atoms with E-state index in [0.717, 1.165) is 38.3 Å². The molecule has 0 bridgehead atoms. The van der Waals surface area contributed by atoms with Gasteiger partial charge in [0.15, 0.2) is 6.54 Å². The highest BCUT2D eigenvalue weighted by molar-refractivity contribution is 5.96. The SMILES string of the molecule is Cc1ccc(-c2c(NC(=O)C[NH+]3CC[NH+](CCO)CC3)oc3ccccc3c2=O)cc1. The van der Waals surface area contributed by atoms with E-state index in [-0.39, 0.29) is 23.8 Å². The molecule has 0 radical (unpaired) electrons. The minimum Gasteiger partial charge on any atom is -0.439 e. The van der Waals surface area contributed by atoms with Crippen LogP contribution in [0.5, 0.6) is 0 Å². The number of quaternary nitrogens is 2. The van der Waals surface area contributed by atoms with Crippen LogP contribution in [0.3, 0.4) is 0 Å². The maximum absolute atomic E-state index is 13.3. The lowest BCUT2D eigenvalue weighted by atomic mass is 10.0. The number of rotatable bonds is 6. The molecule has 31 heavy (non-hydrogen) atoms. The minimum absolute atomic E-state index is 0.158. The summed E-state index contributed by atoms with van der Waals surface area (Å²) in [5, 5.41) is 12.5. The Morgan fingerprint density at radius 3 is 2.42 bits per heavy atom. The number of aliphatic hydroxyl groups excluding tert-OH is 1. The molecule has 0 spiro atoms. The molecule has 3 aromatic rings. The fourth-order valence-electron chi connectivity index (χ4n) is 4.15. The van der Waals surface area contributed by atoms with Crippen LogP contribution in [0.25, 0.3) is 22.1 Å². The Morgan fingerprint density at radius 1 is 1.03 bits per heavy atom. The van der Waals surface area contributed by atoms with Gasteiger partial charge < -0.3 is 19.3 Å². The predicted molar refractivity (Wildman–Crippen MR) is 119 cm³/mol. The van der Waals surface area contributed by atoms with E-state index in [1.807, 2.05) is 31.2 Å². The molecule has 7 heteroatoms. The number of nitrogens with one attached hydrogen (secondary N) is 3. The lowest BCUT2D eigenvalue weighted by Gasteiger charge is -2.28. The van der Waals surface area contributed by atoms with Gasteiger partial charge in [-0.05, 0) is 24.6 Å². The number of benzene rings is 2. The quantitative estimate of drug-likeness (QED) is 0.430. The molecule has 1 aromatic heterocycles. The fraction of sp³-hybridized carbons (Fsp3) is 0.333. The van der Waals surface area contributed by atoms with Crippen molar-refractivity contribution < 1.29 is 24.1 Å². The first-order valence-corrected chi connectivity index (χ1v) is 10.8. The van der Waals surface area contributed by atoms with Crippen molar-refractivity contribution in [3.8, 4) is 11.1 Å². The average Bonchev–Trinajstić information content (AvgIpc) is 2.76. The summed E-state index contributed by atoms with van der Waals surface area (Å²) in [7, 11) is 0. The van der Waals surface area contributed by atoms with Crippen LogP contribution in [0.1, 0.15) is 5.56 Å². The van der Waals surface area contributed by atoms with E-state index in [0.29, 0.717) is 28.6 Å². The fourth-order valence-corrected chi connectivity index (χ4v) is 4.15. The molecule has 0 aliphatic carbocycles. The summed E-state index contributed by atoms with van der Waals surface area (Å²) in [5.41, 5.74) is 2.47. The van der Waals surface area contributed by atoms with Crippen molar-refractivity contribution in [3.05, 3.63) is 64.3 Å². The maximum atomic E-state index is 13.3. The van der Waals surface area contributed by atoms with Gasteiger partial charge in [0.2, 0.25) is 11.3 Å². The minimum atomic E-state index is -0.174. The largest absolute Gasteiger partial charge is 0.439 e. The Balaban J connectivity index is 1.59. The molecule has 1 aliphatic heterocycles. The molecule has 7 nitrogen and oxygen atoms in total. The molecule has 1 aliphatic rings. The standard InChI is InChI=1S/C24H27N3O4/c1-17-6-8-18(9-7-17)22-23(30)19-4-2-3-5-20(19)31-24(22)25-21(29)16-27-12-10-26(11-13-27)14-15-28/h2-9,28H,10-16H2,1H3,(H,25,29)/p+2. The maximum Gasteiger partial charge on any atom is 0.281 e. The van der Waals surface area contributed by atoms with Crippen LogP contribution in [0, 0.1) is 6.92 Å². The van der Waals surface area contributed by atoms with Gasteiger partial charge in [-0.2, -0.15) is 0 Å². The molecule has 1 fully saturated rings. The second-order valence-corrected chi connectivity index (χ2v) is 8.20. The summed E-state index contributed by atoms with van der Waals surface area (Å²) in [4.78, 5) is 28.7. The van der Waals surface area contributed by atoms with Crippen molar-refractivity contribution >= 4 is 22.8 Å². The number of para-hydroxylation sites is 1. The van der Waals surface area contributed by atoms with Crippen molar-refractivity contribution in [1.29, 1.82) is 0 Å². The number of anilines is 1. The van der Waals surface area contributed by atoms with Crippen LogP contribution in [0.2, 0.25) is 0 Å². The number of piperazine rings is 1. The van der Waals surface area contributed by atoms with Crippen molar-refractivity contribution in [2.24, 2.45) is 0 Å². The van der Waals surface area contributed by atoms with Crippen LogP contribution in [0.15, 0.2) is 57.7 Å². The first-order valence-electron chi connectivity index (χ1n) is 10.8. The highest BCUT2D eigenvalue weighted by atomic mass is 16.4. The zero-order valence-corrected chi connectivity index (χ0v) is 17.7. The number of carbonyl (C=O) groups excluding carboxylic acids is 1. The van der Waals surface area contributed by atoms with Gasteiger partial charge in [-0.3, -0.25) is 14.9 Å². The van der Waals surface area contributed by atoms with E-state index in [4.69, 9.17) is 9.52 Å². The third-order valence-electron chi connectivity index (χ3n) is 5.93. The molecule has 0 unspecified atom stereocenters. The first kappa shape index (κ1) is 21.2. The zero-order chi connectivity index (χ0) is 21.8. The second-order valence-electron chi connectivity index (χ2n) is 8.20. The van der Waals surface area contributed by atoms with E-state index < -0.39 is 0 Å². The van der Waals surface area contributed by atoms with Gasteiger partial charge in [-0.1, -0.05) is 42.0 Å². The Bertz CT molecular complexity index is 1120. The molecule has 162 valence electrons. The number of fused-ring (bicyclic) bond motifs is 1. The number of hydrogen-bond donors (Lipinski definition) is 4. The summed E-state index contributed by atoms with van der Waals surface area (Å²) < 4.78 is 5.99. The van der Waals surface area contributed by atoms with Crippen LogP contribution in [-0.2, 0) is 4.79 Å². The highest BCUT2D eigenvalue weighted by Gasteiger charge is 2.25. The third kappa shape index (κ3) is 4.85. The third-order valence-corrected chi connectivity index (χ3v) is 5.93. The Kier molecular flexibility index (Phi) is 6.46. The summed E-state index contributed by atoms with van der Waals surface area (Å²) in [5.74, 6) is 0.0221. The molecule has 1 saturated heterocycles. The zero-order valence-electron chi connectivity index (χ0n) is 17.7. The van der Waals surface area contributed by atoms with Gasteiger partial charge >= 0.3 is 0 Å². The summed E-state index contributed by atoms with van der Waals surface area (Å²) in [6.45, 7) is 6.85. The molecule has 2 heterocycles. The van der Waals surface area contributed by atoms with Crippen LogP contribution in [0.4, 0.5) is 5.88 Å². The predicted octanol–water partition coefficient (Wildman–Crippen LogP) is -0.517. The smallest absolute Gasteiger partial charge is 0.281 e. The van der Waals surface area contributed by atoms with E-state index in [1.165, 1.54) is 9.80 Å². The number of amides is 1. The van der Waals surface area contributed by atoms with E-state index in [2.05, 4.69) is 5.32 Å². The van der Waals surface area contributed by atoms with Crippen molar-refractivity contribution in [3.63, 3.8) is 0 Å². The molecule has 1 amide bonds. The van der Waals surface area contributed by atoms with E-state index >= 15 is 0 Å². The molecule has 4 N–H and O–H groups in total. The molecule has 2 aromatic carbocycles. The Morgan fingerprint density at radius 2 is 1.71 bits per heavy atom. The Hall–Kier alpha value is -3.00. The molecule has 0 saturated carbocycles. The van der Waals surface area contributed by atoms with Crippen molar-refractivity contribution in [1.82, 2.24) is 0 Å². The monoisotopic (exact) mass is 423 g/mol. The lowest BCUT2D eigenvalue weighted by Crippen LogP contribution is -3.28. The Labute approximate surface area is 180 Å². The lowest BCUT2D eigenvalue weighted by molar-refractivity contribution is -1.01.